The van der Waals surface area contributed by atoms with Crippen LogP contribution in [-0.4, -0.2) is 22.1 Å². The first-order chi connectivity index (χ1) is 8.31. The maximum absolute atomic E-state index is 6.16. The molecule has 3 unspecified atom stereocenters. The van der Waals surface area contributed by atoms with E-state index in [4.69, 9.17) is 11.6 Å². The predicted octanol–water partition coefficient (Wildman–Crippen LogP) is 2.82. The van der Waals surface area contributed by atoms with E-state index >= 15 is 0 Å². The molecule has 2 N–H and O–H groups in total. The standard InChI is InChI=1S/C13H14ClN3/c14-9-2-1-3-11-12(9)17-13(16-11)8-6-7-4-5-10(8)15-7/h1-3,7-8,10,15H,4-6H2,(H,16,17). The molecule has 2 aliphatic rings. The van der Waals surface area contributed by atoms with Crippen LogP contribution in [0.5, 0.6) is 0 Å². The molecule has 0 saturated carbocycles. The van der Waals surface area contributed by atoms with Crippen LogP contribution >= 0.6 is 11.6 Å². The van der Waals surface area contributed by atoms with Gasteiger partial charge in [-0.25, -0.2) is 4.98 Å². The third-order valence-corrected chi connectivity index (χ3v) is 4.44. The minimum atomic E-state index is 0.539. The van der Waals surface area contributed by atoms with Gasteiger partial charge in [-0.05, 0) is 31.4 Å². The summed E-state index contributed by atoms with van der Waals surface area (Å²) in [6.45, 7) is 0. The Kier molecular flexibility index (Phi) is 2.02. The van der Waals surface area contributed by atoms with E-state index in [-0.39, 0.29) is 0 Å². The minimum absolute atomic E-state index is 0.539. The first-order valence-corrected chi connectivity index (χ1v) is 6.59. The SMILES string of the molecule is Clc1cccc2[nH]c(C3CC4CCC3N4)nc12. The van der Waals surface area contributed by atoms with Gasteiger partial charge in [0.15, 0.2) is 0 Å². The molecule has 2 bridgehead atoms. The van der Waals surface area contributed by atoms with Crippen LogP contribution in [0.4, 0.5) is 0 Å². The Morgan fingerprint density at radius 2 is 2.24 bits per heavy atom. The molecule has 0 amide bonds. The predicted molar refractivity (Wildman–Crippen MR) is 68.4 cm³/mol. The van der Waals surface area contributed by atoms with Crippen LogP contribution in [-0.2, 0) is 0 Å². The van der Waals surface area contributed by atoms with Crippen LogP contribution in [0, 0.1) is 0 Å². The zero-order valence-corrected chi connectivity index (χ0v) is 10.2. The zero-order valence-electron chi connectivity index (χ0n) is 9.41. The van der Waals surface area contributed by atoms with Crippen molar-refractivity contribution >= 4 is 22.6 Å². The normalized spacial score (nSPS) is 31.5. The van der Waals surface area contributed by atoms with Gasteiger partial charge in [0, 0.05) is 18.0 Å². The van der Waals surface area contributed by atoms with Gasteiger partial charge >= 0.3 is 0 Å². The summed E-state index contributed by atoms with van der Waals surface area (Å²) < 4.78 is 0. The second-order valence-corrected chi connectivity index (χ2v) is 5.55. The van der Waals surface area contributed by atoms with E-state index in [0.29, 0.717) is 18.0 Å². The Balaban J connectivity index is 1.79. The van der Waals surface area contributed by atoms with Gasteiger partial charge in [-0.2, -0.15) is 0 Å². The quantitative estimate of drug-likeness (QED) is 0.814. The maximum atomic E-state index is 6.16. The van der Waals surface area contributed by atoms with E-state index < -0.39 is 0 Å². The molecule has 1 aromatic heterocycles. The molecule has 3 nitrogen and oxygen atoms in total. The molecule has 2 aromatic rings. The molecule has 0 radical (unpaired) electrons. The van der Waals surface area contributed by atoms with Crippen LogP contribution in [0.1, 0.15) is 31.0 Å². The van der Waals surface area contributed by atoms with Crippen molar-refractivity contribution in [3.63, 3.8) is 0 Å². The highest BCUT2D eigenvalue weighted by Gasteiger charge is 2.41. The Morgan fingerprint density at radius 3 is 2.94 bits per heavy atom. The van der Waals surface area contributed by atoms with Crippen molar-refractivity contribution in [1.29, 1.82) is 0 Å². The molecule has 0 aliphatic carbocycles. The largest absolute Gasteiger partial charge is 0.342 e. The average Bonchev–Trinajstić information content (AvgIpc) is 3.03. The Morgan fingerprint density at radius 1 is 1.29 bits per heavy atom. The molecule has 3 heterocycles. The smallest absolute Gasteiger partial charge is 0.112 e. The lowest BCUT2D eigenvalue weighted by Crippen LogP contribution is -2.22. The summed E-state index contributed by atoms with van der Waals surface area (Å²) in [7, 11) is 0. The van der Waals surface area contributed by atoms with Gasteiger partial charge in [-0.1, -0.05) is 17.7 Å². The second-order valence-electron chi connectivity index (χ2n) is 5.15. The van der Waals surface area contributed by atoms with Gasteiger partial charge in [0.1, 0.15) is 11.3 Å². The zero-order chi connectivity index (χ0) is 11.4. The third kappa shape index (κ3) is 1.42. The van der Waals surface area contributed by atoms with Crippen molar-refractivity contribution in [3.05, 3.63) is 29.0 Å². The van der Waals surface area contributed by atoms with Crippen molar-refractivity contribution in [1.82, 2.24) is 15.3 Å². The molecular formula is C13H14ClN3. The van der Waals surface area contributed by atoms with Gasteiger partial charge in [0.2, 0.25) is 0 Å². The van der Waals surface area contributed by atoms with E-state index in [2.05, 4.69) is 15.3 Å². The first-order valence-electron chi connectivity index (χ1n) is 6.21. The number of hydrogen-bond donors (Lipinski definition) is 2. The monoisotopic (exact) mass is 247 g/mol. The summed E-state index contributed by atoms with van der Waals surface area (Å²) in [5.41, 5.74) is 1.96. The Hall–Kier alpha value is -1.06. The molecule has 4 heteroatoms. The molecule has 4 rings (SSSR count). The number of para-hydroxylation sites is 1. The fourth-order valence-electron chi connectivity index (χ4n) is 3.32. The topological polar surface area (TPSA) is 40.7 Å². The summed E-state index contributed by atoms with van der Waals surface area (Å²) in [5, 5.41) is 4.38. The Labute approximate surface area is 105 Å². The van der Waals surface area contributed by atoms with Crippen molar-refractivity contribution in [2.75, 3.05) is 0 Å². The van der Waals surface area contributed by atoms with Crippen molar-refractivity contribution < 1.29 is 0 Å². The van der Waals surface area contributed by atoms with E-state index in [1.165, 1.54) is 19.3 Å². The third-order valence-electron chi connectivity index (χ3n) is 4.13. The second kappa shape index (κ2) is 3.47. The fourth-order valence-corrected chi connectivity index (χ4v) is 3.53. The number of nitrogens with zero attached hydrogens (tertiary/aromatic N) is 1. The molecule has 88 valence electrons. The number of hydrogen-bond acceptors (Lipinski definition) is 2. The van der Waals surface area contributed by atoms with E-state index in [1.807, 2.05) is 18.2 Å². The van der Waals surface area contributed by atoms with Crippen LogP contribution in [0.15, 0.2) is 18.2 Å². The Bertz CT molecular complexity index is 577. The number of benzene rings is 1. The summed E-state index contributed by atoms with van der Waals surface area (Å²) >= 11 is 6.16. The highest BCUT2D eigenvalue weighted by atomic mass is 35.5. The molecule has 2 saturated heterocycles. The molecular weight excluding hydrogens is 234 g/mol. The number of imidazole rings is 1. The van der Waals surface area contributed by atoms with Gasteiger partial charge in [-0.15, -0.1) is 0 Å². The molecule has 2 aliphatic heterocycles. The molecule has 2 fully saturated rings. The van der Waals surface area contributed by atoms with Crippen LogP contribution in [0.3, 0.4) is 0 Å². The van der Waals surface area contributed by atoms with Crippen LogP contribution in [0.25, 0.3) is 11.0 Å². The fraction of sp³-hybridized carbons (Fsp3) is 0.462. The number of halogens is 1. The summed E-state index contributed by atoms with van der Waals surface area (Å²) in [5.74, 6) is 1.64. The van der Waals surface area contributed by atoms with Gasteiger partial charge < -0.3 is 10.3 Å². The molecule has 17 heavy (non-hydrogen) atoms. The van der Waals surface area contributed by atoms with Crippen molar-refractivity contribution in [2.45, 2.75) is 37.3 Å². The summed E-state index contributed by atoms with van der Waals surface area (Å²) in [6, 6.07) is 7.21. The van der Waals surface area contributed by atoms with Crippen LogP contribution < -0.4 is 5.32 Å². The molecule has 1 aromatic carbocycles. The number of aromatic amines is 1. The van der Waals surface area contributed by atoms with Gasteiger partial charge in [-0.3, -0.25) is 0 Å². The summed E-state index contributed by atoms with van der Waals surface area (Å²) in [6.07, 6.45) is 3.81. The highest BCUT2D eigenvalue weighted by Crippen LogP contribution is 2.39. The number of fused-ring (bicyclic) bond motifs is 3. The number of aromatic nitrogens is 2. The van der Waals surface area contributed by atoms with Gasteiger partial charge in [0.25, 0.3) is 0 Å². The van der Waals surface area contributed by atoms with E-state index in [0.717, 1.165) is 21.9 Å². The van der Waals surface area contributed by atoms with Crippen molar-refractivity contribution in [3.8, 4) is 0 Å². The number of nitrogens with one attached hydrogen (secondary N) is 2. The highest BCUT2D eigenvalue weighted by molar-refractivity contribution is 6.34. The molecule has 3 atom stereocenters. The van der Waals surface area contributed by atoms with Crippen LogP contribution in [0.2, 0.25) is 5.02 Å². The van der Waals surface area contributed by atoms with Crippen molar-refractivity contribution in [2.24, 2.45) is 0 Å². The van der Waals surface area contributed by atoms with Gasteiger partial charge in [0.05, 0.1) is 10.5 Å². The lowest BCUT2D eigenvalue weighted by Gasteiger charge is -2.17. The number of H-pyrrole nitrogens is 1. The minimum Gasteiger partial charge on any atom is -0.342 e. The van der Waals surface area contributed by atoms with E-state index in [1.54, 1.807) is 0 Å². The van der Waals surface area contributed by atoms with E-state index in [9.17, 15) is 0 Å². The first kappa shape index (κ1) is 9.92. The summed E-state index contributed by atoms with van der Waals surface area (Å²) in [4.78, 5) is 8.11. The lowest BCUT2D eigenvalue weighted by molar-refractivity contribution is 0.491. The molecule has 0 spiro atoms. The number of rotatable bonds is 1. The average molecular weight is 248 g/mol. The maximum Gasteiger partial charge on any atom is 0.112 e. The lowest BCUT2D eigenvalue weighted by atomic mass is 9.89.